The van der Waals surface area contributed by atoms with Gasteiger partial charge in [0.2, 0.25) is 0 Å². The minimum absolute atomic E-state index is 0.219. The van der Waals surface area contributed by atoms with Crippen LogP contribution in [0.15, 0.2) is 24.3 Å². The van der Waals surface area contributed by atoms with Gasteiger partial charge >= 0.3 is 0 Å². The van der Waals surface area contributed by atoms with Crippen molar-refractivity contribution in [1.29, 1.82) is 0 Å². The van der Waals surface area contributed by atoms with Crippen LogP contribution in [0.1, 0.15) is 46.5 Å². The number of benzene rings is 1. The maximum absolute atomic E-state index is 5.86. The first kappa shape index (κ1) is 13.3. The first-order chi connectivity index (χ1) is 8.66. The molecule has 1 N–H and O–H groups in total. The number of anilines is 1. The first-order valence-corrected chi connectivity index (χ1v) is 7.19. The Balaban J connectivity index is 2.07. The second kappa shape index (κ2) is 6.12. The number of rotatable bonds is 4. The third-order valence-electron chi connectivity index (χ3n) is 3.70. The molecule has 1 aromatic carbocycles. The molecule has 1 fully saturated rings. The van der Waals surface area contributed by atoms with E-state index in [2.05, 4.69) is 44.3 Å². The summed E-state index contributed by atoms with van der Waals surface area (Å²) in [5.41, 5.74) is 1.14. The molecule has 0 bridgehead atoms. The van der Waals surface area contributed by atoms with Crippen molar-refractivity contribution in [2.75, 3.05) is 5.32 Å². The Morgan fingerprint density at radius 2 is 1.89 bits per heavy atom. The molecule has 18 heavy (non-hydrogen) atoms. The molecule has 0 aliphatic heterocycles. The molecule has 0 radical (unpaired) electrons. The topological polar surface area (TPSA) is 21.3 Å². The fourth-order valence-electron chi connectivity index (χ4n) is 2.67. The molecule has 2 heteroatoms. The molecule has 1 aromatic rings. The van der Waals surface area contributed by atoms with Gasteiger partial charge in [-0.3, -0.25) is 0 Å². The molecule has 0 saturated heterocycles. The van der Waals surface area contributed by atoms with E-state index >= 15 is 0 Å². The van der Waals surface area contributed by atoms with Crippen LogP contribution in [-0.2, 0) is 0 Å². The van der Waals surface area contributed by atoms with Crippen molar-refractivity contribution in [3.8, 4) is 5.75 Å². The second-order valence-electron chi connectivity index (χ2n) is 5.68. The molecule has 0 aromatic heterocycles. The lowest BCUT2D eigenvalue weighted by atomic mass is 9.86. The number of hydrogen-bond donors (Lipinski definition) is 1. The molecule has 100 valence electrons. The van der Waals surface area contributed by atoms with Gasteiger partial charge in [0.1, 0.15) is 5.75 Å². The van der Waals surface area contributed by atoms with Crippen LogP contribution in [0.2, 0.25) is 0 Å². The van der Waals surface area contributed by atoms with Crippen molar-refractivity contribution in [3.63, 3.8) is 0 Å². The minimum Gasteiger partial charge on any atom is -0.489 e. The lowest BCUT2D eigenvalue weighted by molar-refractivity contribution is 0.243. The SMILES string of the molecule is CC(C)Oc1ccccc1NC1CCCCC1C. The maximum atomic E-state index is 5.86. The summed E-state index contributed by atoms with van der Waals surface area (Å²) in [4.78, 5) is 0. The molecule has 2 atom stereocenters. The van der Waals surface area contributed by atoms with Crippen molar-refractivity contribution in [2.24, 2.45) is 5.92 Å². The highest BCUT2D eigenvalue weighted by molar-refractivity contribution is 5.56. The van der Waals surface area contributed by atoms with Crippen LogP contribution in [-0.4, -0.2) is 12.1 Å². The largest absolute Gasteiger partial charge is 0.489 e. The average molecular weight is 247 g/mol. The van der Waals surface area contributed by atoms with E-state index in [0.29, 0.717) is 6.04 Å². The maximum Gasteiger partial charge on any atom is 0.142 e. The summed E-state index contributed by atoms with van der Waals surface area (Å²) < 4.78 is 5.86. The van der Waals surface area contributed by atoms with E-state index in [0.717, 1.165) is 17.4 Å². The van der Waals surface area contributed by atoms with Gasteiger partial charge in [-0.25, -0.2) is 0 Å². The lowest BCUT2D eigenvalue weighted by Crippen LogP contribution is -2.30. The number of hydrogen-bond acceptors (Lipinski definition) is 2. The summed E-state index contributed by atoms with van der Waals surface area (Å²) in [7, 11) is 0. The highest BCUT2D eigenvalue weighted by Crippen LogP contribution is 2.31. The van der Waals surface area contributed by atoms with Crippen LogP contribution >= 0.6 is 0 Å². The third-order valence-corrected chi connectivity index (χ3v) is 3.70. The van der Waals surface area contributed by atoms with E-state index in [1.807, 2.05) is 6.07 Å². The lowest BCUT2D eigenvalue weighted by Gasteiger charge is -2.31. The van der Waals surface area contributed by atoms with Crippen LogP contribution in [0.5, 0.6) is 5.75 Å². The quantitative estimate of drug-likeness (QED) is 0.848. The number of nitrogens with one attached hydrogen (secondary N) is 1. The molecular weight excluding hydrogens is 222 g/mol. The van der Waals surface area contributed by atoms with Gasteiger partial charge in [-0.2, -0.15) is 0 Å². The van der Waals surface area contributed by atoms with Crippen LogP contribution in [0.25, 0.3) is 0 Å². The van der Waals surface area contributed by atoms with Gasteiger partial charge < -0.3 is 10.1 Å². The molecule has 2 rings (SSSR count). The van der Waals surface area contributed by atoms with Gasteiger partial charge in [0.25, 0.3) is 0 Å². The van der Waals surface area contributed by atoms with Crippen molar-refractivity contribution in [1.82, 2.24) is 0 Å². The number of para-hydroxylation sites is 2. The van der Waals surface area contributed by atoms with Gasteiger partial charge in [-0.05, 0) is 44.7 Å². The molecule has 2 unspecified atom stereocenters. The molecule has 1 saturated carbocycles. The zero-order valence-electron chi connectivity index (χ0n) is 11.8. The molecule has 1 aliphatic carbocycles. The Kier molecular flexibility index (Phi) is 4.51. The zero-order valence-corrected chi connectivity index (χ0v) is 11.8. The smallest absolute Gasteiger partial charge is 0.142 e. The Morgan fingerprint density at radius 1 is 1.17 bits per heavy atom. The van der Waals surface area contributed by atoms with E-state index < -0.39 is 0 Å². The summed E-state index contributed by atoms with van der Waals surface area (Å²) in [5.74, 6) is 1.73. The molecule has 0 heterocycles. The van der Waals surface area contributed by atoms with Crippen LogP contribution in [0.3, 0.4) is 0 Å². The fourth-order valence-corrected chi connectivity index (χ4v) is 2.67. The zero-order chi connectivity index (χ0) is 13.0. The summed E-state index contributed by atoms with van der Waals surface area (Å²) in [6.45, 7) is 6.49. The first-order valence-electron chi connectivity index (χ1n) is 7.19. The minimum atomic E-state index is 0.219. The molecule has 0 spiro atoms. The van der Waals surface area contributed by atoms with E-state index in [1.54, 1.807) is 0 Å². The predicted octanol–water partition coefficient (Wildman–Crippen LogP) is 4.46. The summed E-state index contributed by atoms with van der Waals surface area (Å²) in [5, 5.41) is 3.68. The normalized spacial score (nSPS) is 24.0. The van der Waals surface area contributed by atoms with Crippen LogP contribution < -0.4 is 10.1 Å². The van der Waals surface area contributed by atoms with Crippen molar-refractivity contribution < 1.29 is 4.74 Å². The average Bonchev–Trinajstić information content (AvgIpc) is 2.34. The van der Waals surface area contributed by atoms with Gasteiger partial charge in [0.05, 0.1) is 11.8 Å². The van der Waals surface area contributed by atoms with E-state index in [9.17, 15) is 0 Å². The highest BCUT2D eigenvalue weighted by Gasteiger charge is 2.21. The molecular formula is C16H25NO. The molecule has 1 aliphatic rings. The predicted molar refractivity (Wildman–Crippen MR) is 77.2 cm³/mol. The van der Waals surface area contributed by atoms with Gasteiger partial charge in [-0.1, -0.05) is 31.9 Å². The van der Waals surface area contributed by atoms with Crippen molar-refractivity contribution in [3.05, 3.63) is 24.3 Å². The summed E-state index contributed by atoms with van der Waals surface area (Å²) in [6.07, 6.45) is 5.55. The Hall–Kier alpha value is -1.18. The molecule has 0 amide bonds. The Morgan fingerprint density at radius 3 is 2.61 bits per heavy atom. The van der Waals surface area contributed by atoms with Gasteiger partial charge in [-0.15, -0.1) is 0 Å². The summed E-state index contributed by atoms with van der Waals surface area (Å²) in [6, 6.07) is 8.88. The Labute approximate surface area is 111 Å². The van der Waals surface area contributed by atoms with E-state index in [1.165, 1.54) is 25.7 Å². The van der Waals surface area contributed by atoms with Gasteiger partial charge in [0, 0.05) is 6.04 Å². The number of ether oxygens (including phenoxy) is 1. The highest BCUT2D eigenvalue weighted by atomic mass is 16.5. The van der Waals surface area contributed by atoms with Crippen molar-refractivity contribution in [2.45, 2.75) is 58.6 Å². The molecule has 2 nitrogen and oxygen atoms in total. The van der Waals surface area contributed by atoms with Crippen molar-refractivity contribution >= 4 is 5.69 Å². The second-order valence-corrected chi connectivity index (χ2v) is 5.68. The van der Waals surface area contributed by atoms with E-state index in [-0.39, 0.29) is 6.10 Å². The van der Waals surface area contributed by atoms with Gasteiger partial charge in [0.15, 0.2) is 0 Å². The monoisotopic (exact) mass is 247 g/mol. The standard InChI is InChI=1S/C16H25NO/c1-12(2)18-16-11-7-6-10-15(16)17-14-9-5-4-8-13(14)3/h6-7,10-14,17H,4-5,8-9H2,1-3H3. The van der Waals surface area contributed by atoms with E-state index in [4.69, 9.17) is 4.74 Å². The fraction of sp³-hybridized carbons (Fsp3) is 0.625. The Bertz CT molecular complexity index is 375. The third kappa shape index (κ3) is 3.41. The van der Waals surface area contributed by atoms with Crippen LogP contribution in [0.4, 0.5) is 5.69 Å². The van der Waals surface area contributed by atoms with Crippen LogP contribution in [0, 0.1) is 5.92 Å². The summed E-state index contributed by atoms with van der Waals surface area (Å²) >= 11 is 0.